The van der Waals surface area contributed by atoms with Crippen LogP contribution in [0.15, 0.2) is 18.3 Å². The number of anilines is 1. The molecule has 1 aliphatic heterocycles. The first-order valence-electron chi connectivity index (χ1n) is 6.78. The normalized spacial score (nSPS) is 22.6. The lowest BCUT2D eigenvalue weighted by molar-refractivity contribution is -0.139. The monoisotopic (exact) mass is 277 g/mol. The molecule has 1 aromatic heterocycles. The molecule has 108 valence electrons. The molecule has 0 saturated carbocycles. The van der Waals surface area contributed by atoms with E-state index >= 15 is 0 Å². The van der Waals surface area contributed by atoms with Crippen molar-refractivity contribution < 1.29 is 14.7 Å². The van der Waals surface area contributed by atoms with Crippen LogP contribution in [0.1, 0.15) is 36.5 Å². The molecule has 2 heterocycles. The predicted molar refractivity (Wildman–Crippen MR) is 74.5 cm³/mol. The number of hydrogen-bond donors (Lipinski definition) is 2. The van der Waals surface area contributed by atoms with Gasteiger partial charge in [0.1, 0.15) is 11.9 Å². The van der Waals surface area contributed by atoms with Crippen LogP contribution in [0.3, 0.4) is 0 Å². The molecule has 2 atom stereocenters. The Balaban J connectivity index is 2.28. The van der Waals surface area contributed by atoms with Crippen molar-refractivity contribution in [2.45, 2.75) is 32.2 Å². The summed E-state index contributed by atoms with van der Waals surface area (Å²) in [5.41, 5.74) is 5.59. The number of primary amides is 1. The van der Waals surface area contributed by atoms with E-state index in [0.29, 0.717) is 30.3 Å². The summed E-state index contributed by atoms with van der Waals surface area (Å²) in [6, 6.07) is 2.50. The van der Waals surface area contributed by atoms with Crippen molar-refractivity contribution in [2.75, 3.05) is 11.4 Å². The van der Waals surface area contributed by atoms with Gasteiger partial charge in [-0.05, 0) is 30.9 Å². The van der Waals surface area contributed by atoms with Crippen LogP contribution in [0.2, 0.25) is 0 Å². The third-order valence-electron chi connectivity index (χ3n) is 3.90. The summed E-state index contributed by atoms with van der Waals surface area (Å²) in [5, 5.41) is 9.40. The number of piperidine rings is 1. The fraction of sp³-hybridized carbons (Fsp3) is 0.500. The smallest absolute Gasteiger partial charge is 0.326 e. The number of hydrogen-bond acceptors (Lipinski definition) is 4. The molecule has 20 heavy (non-hydrogen) atoms. The van der Waals surface area contributed by atoms with Gasteiger partial charge < -0.3 is 15.7 Å². The van der Waals surface area contributed by atoms with Crippen molar-refractivity contribution >= 4 is 17.7 Å². The molecule has 0 aliphatic carbocycles. The molecule has 2 unspecified atom stereocenters. The molecule has 2 rings (SSSR count). The van der Waals surface area contributed by atoms with Gasteiger partial charge in [0.25, 0.3) is 0 Å². The van der Waals surface area contributed by atoms with Crippen LogP contribution in [-0.2, 0) is 4.79 Å². The molecule has 0 aromatic carbocycles. The average molecular weight is 277 g/mol. The van der Waals surface area contributed by atoms with Crippen LogP contribution >= 0.6 is 0 Å². The Morgan fingerprint density at radius 2 is 2.30 bits per heavy atom. The fourth-order valence-electron chi connectivity index (χ4n) is 2.65. The van der Waals surface area contributed by atoms with Crippen LogP contribution in [0.5, 0.6) is 0 Å². The van der Waals surface area contributed by atoms with Crippen molar-refractivity contribution in [1.82, 2.24) is 4.98 Å². The average Bonchev–Trinajstić information content (AvgIpc) is 2.46. The Bertz CT molecular complexity index is 518. The number of pyridine rings is 1. The number of nitrogens with two attached hydrogens (primary N) is 1. The number of carbonyl (C=O) groups is 2. The van der Waals surface area contributed by atoms with Crippen molar-refractivity contribution in [3.8, 4) is 0 Å². The number of aliphatic carboxylic acids is 1. The maximum atomic E-state index is 11.5. The standard InChI is InChI=1S/C14H19N3O3/c1-2-9-4-6-17(11(7-9)14(19)20)12-8-10(13(15)18)3-5-16-12/h3,5,8-9,11H,2,4,6-7H2,1H3,(H2,15,18)(H,19,20). The molecule has 1 aliphatic rings. The van der Waals surface area contributed by atoms with Gasteiger partial charge in [-0.15, -0.1) is 0 Å². The number of amides is 1. The first-order valence-corrected chi connectivity index (χ1v) is 6.78. The number of aromatic nitrogens is 1. The first-order chi connectivity index (χ1) is 9.52. The Hall–Kier alpha value is -2.11. The van der Waals surface area contributed by atoms with E-state index in [1.54, 1.807) is 11.0 Å². The largest absolute Gasteiger partial charge is 0.480 e. The summed E-state index contributed by atoms with van der Waals surface area (Å²) in [7, 11) is 0. The highest BCUT2D eigenvalue weighted by Gasteiger charge is 2.33. The molecule has 3 N–H and O–H groups in total. The van der Waals surface area contributed by atoms with E-state index in [1.807, 2.05) is 0 Å². The molecule has 1 fully saturated rings. The lowest BCUT2D eigenvalue weighted by Gasteiger charge is -2.37. The lowest BCUT2D eigenvalue weighted by atomic mass is 9.89. The number of carboxylic acid groups (broad SMARTS) is 1. The fourth-order valence-corrected chi connectivity index (χ4v) is 2.65. The molecule has 1 aromatic rings. The summed E-state index contributed by atoms with van der Waals surface area (Å²) in [5.74, 6) is -0.465. The second kappa shape index (κ2) is 5.90. The minimum atomic E-state index is -0.852. The molecule has 1 amide bonds. The minimum absolute atomic E-state index is 0.344. The van der Waals surface area contributed by atoms with Crippen LogP contribution in [0.4, 0.5) is 5.82 Å². The van der Waals surface area contributed by atoms with E-state index < -0.39 is 17.9 Å². The van der Waals surface area contributed by atoms with Crippen LogP contribution in [-0.4, -0.2) is 34.6 Å². The minimum Gasteiger partial charge on any atom is -0.480 e. The van der Waals surface area contributed by atoms with Gasteiger partial charge >= 0.3 is 5.97 Å². The zero-order chi connectivity index (χ0) is 14.7. The van der Waals surface area contributed by atoms with Gasteiger partial charge in [-0.1, -0.05) is 13.3 Å². The van der Waals surface area contributed by atoms with E-state index in [-0.39, 0.29) is 0 Å². The van der Waals surface area contributed by atoms with E-state index in [9.17, 15) is 14.7 Å². The zero-order valence-electron chi connectivity index (χ0n) is 11.5. The van der Waals surface area contributed by atoms with Gasteiger partial charge in [0.05, 0.1) is 0 Å². The second-order valence-electron chi connectivity index (χ2n) is 5.11. The van der Waals surface area contributed by atoms with E-state index in [2.05, 4.69) is 11.9 Å². The Morgan fingerprint density at radius 1 is 1.55 bits per heavy atom. The topological polar surface area (TPSA) is 96.5 Å². The van der Waals surface area contributed by atoms with E-state index in [0.717, 1.165) is 12.8 Å². The van der Waals surface area contributed by atoms with Gasteiger partial charge in [-0.3, -0.25) is 4.79 Å². The number of rotatable bonds is 4. The molecule has 0 radical (unpaired) electrons. The predicted octanol–water partition coefficient (Wildman–Crippen LogP) is 1.26. The van der Waals surface area contributed by atoms with Gasteiger partial charge in [-0.2, -0.15) is 0 Å². The summed E-state index contributed by atoms with van der Waals surface area (Å²) < 4.78 is 0. The molecule has 0 bridgehead atoms. The van der Waals surface area contributed by atoms with Gasteiger partial charge in [0.15, 0.2) is 0 Å². The quantitative estimate of drug-likeness (QED) is 0.863. The summed E-state index contributed by atoms with van der Waals surface area (Å²) in [6.07, 6.45) is 4.00. The van der Waals surface area contributed by atoms with Gasteiger partial charge in [-0.25, -0.2) is 9.78 Å². The maximum absolute atomic E-state index is 11.5. The molecule has 0 spiro atoms. The highest BCUT2D eigenvalue weighted by atomic mass is 16.4. The molecule has 6 nitrogen and oxygen atoms in total. The molecular weight excluding hydrogens is 258 g/mol. The Labute approximate surface area is 117 Å². The number of carbonyl (C=O) groups excluding carboxylic acids is 1. The van der Waals surface area contributed by atoms with Crippen molar-refractivity contribution in [3.05, 3.63) is 23.9 Å². The second-order valence-corrected chi connectivity index (χ2v) is 5.11. The van der Waals surface area contributed by atoms with Crippen LogP contribution in [0.25, 0.3) is 0 Å². The molecule has 6 heteroatoms. The van der Waals surface area contributed by atoms with Crippen molar-refractivity contribution in [3.63, 3.8) is 0 Å². The summed E-state index contributed by atoms with van der Waals surface area (Å²) in [4.78, 5) is 28.6. The van der Waals surface area contributed by atoms with Gasteiger partial charge in [0, 0.05) is 18.3 Å². The SMILES string of the molecule is CCC1CCN(c2cc(C(N)=O)ccn2)C(C(=O)O)C1. The first kappa shape index (κ1) is 14.3. The number of nitrogens with zero attached hydrogens (tertiary/aromatic N) is 2. The van der Waals surface area contributed by atoms with Gasteiger partial charge in [0.2, 0.25) is 5.91 Å². The lowest BCUT2D eigenvalue weighted by Crippen LogP contribution is -2.47. The third kappa shape index (κ3) is 2.89. The zero-order valence-corrected chi connectivity index (χ0v) is 11.5. The van der Waals surface area contributed by atoms with Crippen molar-refractivity contribution in [2.24, 2.45) is 11.7 Å². The molecular formula is C14H19N3O3. The highest BCUT2D eigenvalue weighted by molar-refractivity contribution is 5.93. The summed E-state index contributed by atoms with van der Waals surface area (Å²) >= 11 is 0. The van der Waals surface area contributed by atoms with Crippen LogP contribution in [0, 0.1) is 5.92 Å². The van der Waals surface area contributed by atoms with E-state index in [1.165, 1.54) is 12.3 Å². The number of carboxylic acids is 1. The Kier molecular flexibility index (Phi) is 4.22. The van der Waals surface area contributed by atoms with E-state index in [4.69, 9.17) is 5.73 Å². The summed E-state index contributed by atoms with van der Waals surface area (Å²) in [6.45, 7) is 2.70. The molecule has 1 saturated heterocycles. The maximum Gasteiger partial charge on any atom is 0.326 e. The van der Waals surface area contributed by atoms with Crippen molar-refractivity contribution in [1.29, 1.82) is 0 Å². The third-order valence-corrected chi connectivity index (χ3v) is 3.90. The van der Waals surface area contributed by atoms with Crippen LogP contribution < -0.4 is 10.6 Å². The highest BCUT2D eigenvalue weighted by Crippen LogP contribution is 2.29. The Morgan fingerprint density at radius 3 is 2.90 bits per heavy atom.